The van der Waals surface area contributed by atoms with Gasteiger partial charge >= 0.3 is 6.18 Å². The first kappa shape index (κ1) is 24.1. The topological polar surface area (TPSA) is 67.9 Å². The fraction of sp³-hybridized carbons (Fsp3) is 0.364. The van der Waals surface area contributed by atoms with Crippen LogP contribution < -0.4 is 10.2 Å². The van der Waals surface area contributed by atoms with Crippen LogP contribution in [0.25, 0.3) is 0 Å². The van der Waals surface area contributed by atoms with Crippen LogP contribution in [0.3, 0.4) is 0 Å². The first-order chi connectivity index (χ1) is 15.2. The molecule has 0 bridgehead atoms. The van der Waals surface area contributed by atoms with Gasteiger partial charge in [0.2, 0.25) is 10.0 Å². The van der Waals surface area contributed by atoms with Gasteiger partial charge in [-0.2, -0.15) is 17.5 Å². The van der Waals surface area contributed by atoms with Gasteiger partial charge in [0.05, 0.1) is 23.7 Å². The average molecular weight is 471 g/mol. The third-order valence-corrected chi connectivity index (χ3v) is 6.68. The number of ether oxygens (including phenoxy) is 1. The maximum Gasteiger partial charge on any atom is 0.416 e. The molecule has 0 aliphatic carbocycles. The fourth-order valence-corrected chi connectivity index (χ4v) is 4.47. The molecular formula is C22H25F3N2O4S. The fourth-order valence-electron chi connectivity index (χ4n) is 3.09. The number of rotatable bonds is 9. The van der Waals surface area contributed by atoms with E-state index in [9.17, 15) is 21.6 Å². The Kier molecular flexibility index (Phi) is 7.81. The van der Waals surface area contributed by atoms with Gasteiger partial charge in [0.25, 0.3) is 0 Å². The molecule has 0 unspecified atom stereocenters. The summed E-state index contributed by atoms with van der Waals surface area (Å²) in [6.07, 6.45) is -1.47. The van der Waals surface area contributed by atoms with Crippen molar-refractivity contribution in [3.05, 3.63) is 71.4 Å². The molecule has 0 saturated carbocycles. The Hall–Kier alpha value is -2.56. The normalized spacial score (nSPS) is 15.3. The molecule has 10 heteroatoms. The monoisotopic (exact) mass is 470 g/mol. The zero-order chi connectivity index (χ0) is 23.2. The van der Waals surface area contributed by atoms with Gasteiger partial charge in [-0.25, -0.2) is 8.42 Å². The molecule has 0 spiro atoms. The summed E-state index contributed by atoms with van der Waals surface area (Å²) in [5.74, 6) is 0.619. The Labute approximate surface area is 185 Å². The summed E-state index contributed by atoms with van der Waals surface area (Å²) in [4.78, 5) is 5.50. The highest BCUT2D eigenvalue weighted by molar-refractivity contribution is 7.89. The van der Waals surface area contributed by atoms with E-state index in [-0.39, 0.29) is 24.6 Å². The molecule has 0 fully saturated rings. The first-order valence-corrected chi connectivity index (χ1v) is 11.6. The standard InChI is InChI=1S/C22H25F3N2O4S/c1-2-14-30-20-6-8-21(9-7-20)32(28,29)27-12-10-19(11-13-27)26-31-16-17-4-3-5-18(15-17)22(23,24)25/h3-10,15,26H,2,11-14,16H2,1H3. The van der Waals surface area contributed by atoms with Gasteiger partial charge in [-0.1, -0.05) is 19.1 Å². The van der Waals surface area contributed by atoms with Crippen molar-refractivity contribution in [3.8, 4) is 5.75 Å². The van der Waals surface area contributed by atoms with Gasteiger partial charge < -0.3 is 4.74 Å². The van der Waals surface area contributed by atoms with Gasteiger partial charge in [0.15, 0.2) is 0 Å². The molecule has 0 amide bonds. The molecule has 32 heavy (non-hydrogen) atoms. The summed E-state index contributed by atoms with van der Waals surface area (Å²) in [6, 6.07) is 11.2. The van der Waals surface area contributed by atoms with Crippen LogP contribution in [0.15, 0.2) is 65.2 Å². The predicted molar refractivity (Wildman–Crippen MR) is 113 cm³/mol. The van der Waals surface area contributed by atoms with Crippen molar-refractivity contribution in [2.24, 2.45) is 0 Å². The molecule has 1 aliphatic heterocycles. The highest BCUT2D eigenvalue weighted by atomic mass is 32.2. The van der Waals surface area contributed by atoms with Crippen LogP contribution in [0, 0.1) is 0 Å². The molecule has 174 valence electrons. The number of sulfonamides is 1. The third-order valence-electron chi connectivity index (χ3n) is 4.80. The smallest absolute Gasteiger partial charge is 0.416 e. The Balaban J connectivity index is 1.53. The van der Waals surface area contributed by atoms with E-state index in [2.05, 4.69) is 5.48 Å². The van der Waals surface area contributed by atoms with E-state index in [1.54, 1.807) is 24.3 Å². The maximum atomic E-state index is 12.8. The van der Waals surface area contributed by atoms with Gasteiger partial charge in [-0.15, -0.1) is 0 Å². The molecule has 2 aromatic rings. The number of benzene rings is 2. The number of halogens is 3. The number of hydroxylamine groups is 1. The van der Waals surface area contributed by atoms with Gasteiger partial charge in [0, 0.05) is 25.2 Å². The summed E-state index contributed by atoms with van der Waals surface area (Å²) in [7, 11) is -3.65. The van der Waals surface area contributed by atoms with Crippen molar-refractivity contribution >= 4 is 10.0 Å². The molecule has 0 radical (unpaired) electrons. The van der Waals surface area contributed by atoms with Crippen molar-refractivity contribution in [1.29, 1.82) is 0 Å². The van der Waals surface area contributed by atoms with Crippen LogP contribution in [0.5, 0.6) is 5.75 Å². The molecule has 2 aromatic carbocycles. The average Bonchev–Trinajstić information content (AvgIpc) is 2.78. The van der Waals surface area contributed by atoms with E-state index < -0.39 is 21.8 Å². The zero-order valence-electron chi connectivity index (χ0n) is 17.6. The lowest BCUT2D eigenvalue weighted by Crippen LogP contribution is -2.36. The summed E-state index contributed by atoms with van der Waals surface area (Å²) in [5, 5.41) is 0. The van der Waals surface area contributed by atoms with Crippen molar-refractivity contribution in [2.45, 2.75) is 37.4 Å². The summed E-state index contributed by atoms with van der Waals surface area (Å²) in [5.41, 5.74) is 3.02. The number of hydrogen-bond donors (Lipinski definition) is 1. The Morgan fingerprint density at radius 3 is 2.50 bits per heavy atom. The van der Waals surface area contributed by atoms with Crippen molar-refractivity contribution in [2.75, 3.05) is 19.7 Å². The van der Waals surface area contributed by atoms with E-state index in [0.717, 1.165) is 18.6 Å². The Bertz CT molecular complexity index is 1040. The highest BCUT2D eigenvalue weighted by Crippen LogP contribution is 2.29. The minimum atomic E-state index is -4.41. The van der Waals surface area contributed by atoms with Crippen molar-refractivity contribution < 1.29 is 31.2 Å². The molecule has 0 atom stereocenters. The van der Waals surface area contributed by atoms with E-state index in [1.807, 2.05) is 6.92 Å². The molecule has 1 N–H and O–H groups in total. The second-order valence-corrected chi connectivity index (χ2v) is 9.19. The number of hydrogen-bond acceptors (Lipinski definition) is 5. The quantitative estimate of drug-likeness (QED) is 0.547. The first-order valence-electron chi connectivity index (χ1n) is 10.2. The largest absolute Gasteiger partial charge is 0.494 e. The lowest BCUT2D eigenvalue weighted by atomic mass is 10.1. The highest BCUT2D eigenvalue weighted by Gasteiger charge is 2.30. The Morgan fingerprint density at radius 1 is 1.12 bits per heavy atom. The van der Waals surface area contributed by atoms with Gasteiger partial charge in [0.1, 0.15) is 5.75 Å². The number of nitrogens with zero attached hydrogens (tertiary/aromatic N) is 1. The maximum absolute atomic E-state index is 12.8. The molecule has 1 heterocycles. The summed E-state index contributed by atoms with van der Waals surface area (Å²) >= 11 is 0. The third kappa shape index (κ3) is 6.24. The van der Waals surface area contributed by atoms with Crippen LogP contribution >= 0.6 is 0 Å². The molecule has 0 aromatic heterocycles. The second-order valence-electron chi connectivity index (χ2n) is 7.25. The number of nitrogens with one attached hydrogen (secondary N) is 1. The summed E-state index contributed by atoms with van der Waals surface area (Å²) < 4.78 is 70.9. The molecule has 3 rings (SSSR count). The summed E-state index contributed by atoms with van der Waals surface area (Å²) in [6.45, 7) is 2.90. The Morgan fingerprint density at radius 2 is 1.88 bits per heavy atom. The van der Waals surface area contributed by atoms with Crippen LogP contribution in [0.2, 0.25) is 0 Å². The van der Waals surface area contributed by atoms with Crippen molar-refractivity contribution in [3.63, 3.8) is 0 Å². The van der Waals surface area contributed by atoms with Crippen molar-refractivity contribution in [1.82, 2.24) is 9.79 Å². The molecule has 6 nitrogen and oxygen atoms in total. The predicted octanol–water partition coefficient (Wildman–Crippen LogP) is 4.49. The lowest BCUT2D eigenvalue weighted by molar-refractivity contribution is -0.137. The lowest BCUT2D eigenvalue weighted by Gasteiger charge is -2.26. The zero-order valence-corrected chi connectivity index (χ0v) is 18.4. The SMILES string of the molecule is CCCOc1ccc(S(=O)(=O)N2CC=C(NOCc3cccc(C(F)(F)F)c3)CC2)cc1. The molecule has 0 saturated heterocycles. The van der Waals surface area contributed by atoms with Crippen LogP contribution in [-0.2, 0) is 27.6 Å². The van der Waals surface area contributed by atoms with Gasteiger partial charge in [-0.3, -0.25) is 10.3 Å². The molecular weight excluding hydrogens is 445 g/mol. The van der Waals surface area contributed by atoms with Crippen LogP contribution in [0.4, 0.5) is 13.2 Å². The minimum absolute atomic E-state index is 0.0598. The van der Waals surface area contributed by atoms with E-state index in [0.29, 0.717) is 30.0 Å². The van der Waals surface area contributed by atoms with E-state index in [1.165, 1.54) is 22.5 Å². The van der Waals surface area contributed by atoms with Gasteiger partial charge in [-0.05, 0) is 54.5 Å². The van der Waals surface area contributed by atoms with E-state index >= 15 is 0 Å². The minimum Gasteiger partial charge on any atom is -0.494 e. The molecule has 1 aliphatic rings. The van der Waals surface area contributed by atoms with Crippen LogP contribution in [-0.4, -0.2) is 32.4 Å². The second kappa shape index (κ2) is 10.4. The van der Waals surface area contributed by atoms with E-state index in [4.69, 9.17) is 9.57 Å². The van der Waals surface area contributed by atoms with Crippen LogP contribution in [0.1, 0.15) is 30.9 Å². The number of alkyl halides is 3.